The van der Waals surface area contributed by atoms with Crippen LogP contribution in [-0.2, 0) is 9.06 Å². The van der Waals surface area contributed by atoms with Crippen molar-refractivity contribution in [1.29, 1.82) is 0 Å². The van der Waals surface area contributed by atoms with Crippen molar-refractivity contribution in [3.63, 3.8) is 0 Å². The fraction of sp³-hybridized carbons (Fsp3) is 0.364. The van der Waals surface area contributed by atoms with Gasteiger partial charge in [0.2, 0.25) is 0 Å². The number of hydrogen-bond donors (Lipinski definition) is 0. The van der Waals surface area contributed by atoms with Crippen molar-refractivity contribution in [3.05, 3.63) is 29.7 Å². The summed E-state index contributed by atoms with van der Waals surface area (Å²) in [5.74, 6) is 0.704. The molecule has 0 amide bonds. The van der Waals surface area contributed by atoms with E-state index in [4.69, 9.17) is 9.15 Å². The van der Waals surface area contributed by atoms with E-state index in [0.29, 0.717) is 5.89 Å². The highest BCUT2D eigenvalue weighted by Crippen LogP contribution is 2.39. The second-order valence-electron chi connectivity index (χ2n) is 3.87. The predicted molar refractivity (Wildman–Crippen MR) is 60.2 cm³/mol. The van der Waals surface area contributed by atoms with Crippen LogP contribution in [0, 0.1) is 6.92 Å². The summed E-state index contributed by atoms with van der Waals surface area (Å²) in [5, 5.41) is 0. The SMILES string of the molecule is Cc1nc2cc(C3(Br)COC3)ccc2o1. The quantitative estimate of drug-likeness (QED) is 0.746. The van der Waals surface area contributed by atoms with Gasteiger partial charge in [0.15, 0.2) is 11.5 Å². The maximum absolute atomic E-state index is 5.43. The van der Waals surface area contributed by atoms with E-state index in [1.807, 2.05) is 13.0 Å². The fourth-order valence-corrected chi connectivity index (χ4v) is 2.34. The molecule has 1 aliphatic heterocycles. The first-order valence-corrected chi connectivity index (χ1v) is 5.61. The number of halogens is 1. The van der Waals surface area contributed by atoms with E-state index in [2.05, 4.69) is 33.0 Å². The zero-order chi connectivity index (χ0) is 10.5. The van der Waals surface area contributed by atoms with E-state index in [-0.39, 0.29) is 4.32 Å². The normalized spacial score (nSPS) is 19.1. The molecule has 78 valence electrons. The number of alkyl halides is 1. The van der Waals surface area contributed by atoms with Crippen molar-refractivity contribution in [2.24, 2.45) is 0 Å². The summed E-state index contributed by atoms with van der Waals surface area (Å²) in [5.41, 5.74) is 2.96. The van der Waals surface area contributed by atoms with Gasteiger partial charge in [-0.15, -0.1) is 0 Å². The van der Waals surface area contributed by atoms with Crippen LogP contribution in [-0.4, -0.2) is 18.2 Å². The molecule has 0 saturated carbocycles. The van der Waals surface area contributed by atoms with Gasteiger partial charge >= 0.3 is 0 Å². The van der Waals surface area contributed by atoms with Crippen molar-refractivity contribution in [3.8, 4) is 0 Å². The molecule has 4 heteroatoms. The summed E-state index contributed by atoms with van der Waals surface area (Å²) < 4.78 is 10.6. The number of aryl methyl sites for hydroxylation is 1. The minimum Gasteiger partial charge on any atom is -0.441 e. The average molecular weight is 268 g/mol. The van der Waals surface area contributed by atoms with Crippen molar-refractivity contribution < 1.29 is 9.15 Å². The molecule has 1 aromatic heterocycles. The minimum absolute atomic E-state index is 0.0198. The summed E-state index contributed by atoms with van der Waals surface area (Å²) in [6.45, 7) is 3.29. The topological polar surface area (TPSA) is 35.3 Å². The third-order valence-corrected chi connectivity index (χ3v) is 3.59. The van der Waals surface area contributed by atoms with Crippen molar-refractivity contribution in [1.82, 2.24) is 4.98 Å². The molecular formula is C11H10BrNO2. The molecule has 0 atom stereocenters. The van der Waals surface area contributed by atoms with Crippen molar-refractivity contribution >= 4 is 27.0 Å². The van der Waals surface area contributed by atoms with Crippen LogP contribution < -0.4 is 0 Å². The Bertz CT molecular complexity index is 516. The molecular weight excluding hydrogens is 258 g/mol. The van der Waals surface area contributed by atoms with Crippen LogP contribution in [0.2, 0.25) is 0 Å². The average Bonchev–Trinajstić information content (AvgIpc) is 2.53. The molecule has 0 spiro atoms. The minimum atomic E-state index is -0.0198. The van der Waals surface area contributed by atoms with Gasteiger partial charge in [0, 0.05) is 6.92 Å². The summed E-state index contributed by atoms with van der Waals surface area (Å²) in [4.78, 5) is 4.32. The van der Waals surface area contributed by atoms with E-state index in [0.717, 1.165) is 24.3 Å². The van der Waals surface area contributed by atoms with E-state index in [1.54, 1.807) is 0 Å². The zero-order valence-electron chi connectivity index (χ0n) is 8.29. The lowest BCUT2D eigenvalue weighted by Crippen LogP contribution is -2.40. The van der Waals surface area contributed by atoms with Gasteiger partial charge in [-0.25, -0.2) is 4.98 Å². The van der Waals surface area contributed by atoms with Crippen LogP contribution in [0.15, 0.2) is 22.6 Å². The molecule has 1 fully saturated rings. The van der Waals surface area contributed by atoms with Crippen LogP contribution in [0.3, 0.4) is 0 Å². The molecule has 1 aliphatic rings. The largest absolute Gasteiger partial charge is 0.441 e. The van der Waals surface area contributed by atoms with Crippen LogP contribution in [0.25, 0.3) is 11.1 Å². The number of ether oxygens (including phenoxy) is 1. The second kappa shape index (κ2) is 3.06. The Kier molecular flexibility index (Phi) is 1.91. The van der Waals surface area contributed by atoms with Gasteiger partial charge in [0.25, 0.3) is 0 Å². The van der Waals surface area contributed by atoms with E-state index < -0.39 is 0 Å². The van der Waals surface area contributed by atoms with Gasteiger partial charge in [-0.1, -0.05) is 22.0 Å². The summed E-state index contributed by atoms with van der Waals surface area (Å²) >= 11 is 3.69. The van der Waals surface area contributed by atoms with Gasteiger partial charge < -0.3 is 9.15 Å². The summed E-state index contributed by atoms with van der Waals surface area (Å²) in [6.07, 6.45) is 0. The van der Waals surface area contributed by atoms with Gasteiger partial charge in [0.05, 0.1) is 17.5 Å². The predicted octanol–water partition coefficient (Wildman–Crippen LogP) is 2.76. The lowest BCUT2D eigenvalue weighted by Gasteiger charge is -2.36. The first-order valence-electron chi connectivity index (χ1n) is 4.82. The molecule has 0 radical (unpaired) electrons. The highest BCUT2D eigenvalue weighted by molar-refractivity contribution is 9.09. The Morgan fingerprint density at radius 1 is 1.40 bits per heavy atom. The highest BCUT2D eigenvalue weighted by Gasteiger charge is 2.37. The van der Waals surface area contributed by atoms with E-state index in [9.17, 15) is 0 Å². The summed E-state index contributed by atoms with van der Waals surface area (Å²) in [6, 6.07) is 6.08. The number of rotatable bonds is 1. The molecule has 1 aromatic carbocycles. The second-order valence-corrected chi connectivity index (χ2v) is 5.39. The van der Waals surface area contributed by atoms with Gasteiger partial charge in [-0.05, 0) is 17.7 Å². The number of fused-ring (bicyclic) bond motifs is 1. The molecule has 1 saturated heterocycles. The third-order valence-electron chi connectivity index (χ3n) is 2.67. The molecule has 0 unspecified atom stereocenters. The summed E-state index contributed by atoms with van der Waals surface area (Å²) in [7, 11) is 0. The number of benzene rings is 1. The maximum Gasteiger partial charge on any atom is 0.192 e. The first kappa shape index (κ1) is 9.36. The first-order chi connectivity index (χ1) is 7.17. The molecule has 0 N–H and O–H groups in total. The fourth-order valence-electron chi connectivity index (χ4n) is 1.77. The number of aromatic nitrogens is 1. The van der Waals surface area contributed by atoms with Crippen LogP contribution in [0.4, 0.5) is 0 Å². The smallest absolute Gasteiger partial charge is 0.192 e. The highest BCUT2D eigenvalue weighted by atomic mass is 79.9. The third kappa shape index (κ3) is 1.40. The van der Waals surface area contributed by atoms with E-state index >= 15 is 0 Å². The number of hydrogen-bond acceptors (Lipinski definition) is 3. The molecule has 3 rings (SSSR count). The van der Waals surface area contributed by atoms with Gasteiger partial charge in [0.1, 0.15) is 5.52 Å². The molecule has 3 nitrogen and oxygen atoms in total. The Morgan fingerprint density at radius 3 is 2.87 bits per heavy atom. The molecule has 0 aliphatic carbocycles. The van der Waals surface area contributed by atoms with Crippen LogP contribution in [0.1, 0.15) is 11.5 Å². The van der Waals surface area contributed by atoms with Gasteiger partial charge in [-0.2, -0.15) is 0 Å². The van der Waals surface area contributed by atoms with Crippen LogP contribution in [0.5, 0.6) is 0 Å². The monoisotopic (exact) mass is 267 g/mol. The Balaban J connectivity index is 2.13. The number of oxazole rings is 1. The molecule has 0 bridgehead atoms. The Labute approximate surface area is 95.6 Å². The lowest BCUT2D eigenvalue weighted by atomic mass is 9.97. The molecule has 2 heterocycles. The van der Waals surface area contributed by atoms with Crippen LogP contribution >= 0.6 is 15.9 Å². The molecule has 15 heavy (non-hydrogen) atoms. The zero-order valence-corrected chi connectivity index (χ0v) is 9.87. The number of nitrogens with zero attached hydrogens (tertiary/aromatic N) is 1. The van der Waals surface area contributed by atoms with Gasteiger partial charge in [-0.3, -0.25) is 0 Å². The van der Waals surface area contributed by atoms with E-state index in [1.165, 1.54) is 5.56 Å². The Hall–Kier alpha value is -0.870. The van der Waals surface area contributed by atoms with Crippen molar-refractivity contribution in [2.45, 2.75) is 11.2 Å². The van der Waals surface area contributed by atoms with Crippen molar-refractivity contribution in [2.75, 3.05) is 13.2 Å². The molecule has 2 aromatic rings. The lowest BCUT2D eigenvalue weighted by molar-refractivity contribution is -0.00693. The maximum atomic E-state index is 5.43. The standard InChI is InChI=1S/C11H10BrNO2/c1-7-13-9-4-8(2-3-10(9)15-7)11(12)5-14-6-11/h2-4H,5-6H2,1H3. The Morgan fingerprint density at radius 2 is 2.20 bits per heavy atom.